The topological polar surface area (TPSA) is 0 Å². The van der Waals surface area contributed by atoms with Gasteiger partial charge in [-0.05, 0) is 18.2 Å². The Bertz CT molecular complexity index is 426. The second-order valence-electron chi connectivity index (χ2n) is 2.93. The molecule has 0 aliphatic heterocycles. The van der Waals surface area contributed by atoms with Crippen molar-refractivity contribution in [2.75, 3.05) is 5.88 Å². The van der Waals surface area contributed by atoms with E-state index >= 15 is 0 Å². The molecule has 0 unspecified atom stereocenters. The molecule has 0 bridgehead atoms. The molecule has 0 radical (unpaired) electrons. The van der Waals surface area contributed by atoms with Crippen molar-refractivity contribution in [3.05, 3.63) is 35.1 Å². The van der Waals surface area contributed by atoms with E-state index in [-0.39, 0.29) is 5.56 Å². The van der Waals surface area contributed by atoms with Crippen LogP contribution in [0.4, 0.5) is 17.6 Å². The SMILES string of the molecule is Fc1cc(C(F)(F)F)ccc1C#CCCCl. The van der Waals surface area contributed by atoms with Crippen molar-refractivity contribution < 1.29 is 17.6 Å². The summed E-state index contributed by atoms with van der Waals surface area (Å²) in [6, 6.07) is 2.25. The van der Waals surface area contributed by atoms with E-state index in [9.17, 15) is 17.6 Å². The third-order valence-corrected chi connectivity index (χ3v) is 1.93. The molecule has 0 atom stereocenters. The Morgan fingerprint density at radius 1 is 1.25 bits per heavy atom. The minimum absolute atomic E-state index is 0.0573. The van der Waals surface area contributed by atoms with Crippen LogP contribution in [0.2, 0.25) is 0 Å². The van der Waals surface area contributed by atoms with Crippen LogP contribution in [-0.4, -0.2) is 5.88 Å². The number of hydrogen-bond donors (Lipinski definition) is 0. The van der Waals surface area contributed by atoms with E-state index in [1.54, 1.807) is 0 Å². The highest BCUT2D eigenvalue weighted by Gasteiger charge is 2.30. The number of alkyl halides is 4. The average Bonchev–Trinajstić information content (AvgIpc) is 2.19. The molecule has 86 valence electrons. The lowest BCUT2D eigenvalue weighted by Gasteiger charge is -2.06. The van der Waals surface area contributed by atoms with E-state index in [1.165, 1.54) is 0 Å². The Morgan fingerprint density at radius 3 is 2.44 bits per heavy atom. The summed E-state index contributed by atoms with van der Waals surface area (Å²) < 4.78 is 49.7. The summed E-state index contributed by atoms with van der Waals surface area (Å²) in [5, 5.41) is 0. The van der Waals surface area contributed by atoms with Crippen molar-refractivity contribution in [3.8, 4) is 11.8 Å². The standard InChI is InChI=1S/C11H7ClF4/c12-6-2-1-3-8-4-5-9(7-10(8)13)11(14,15)16/h4-5,7H,2,6H2. The fourth-order valence-corrected chi connectivity index (χ4v) is 1.09. The molecule has 1 aromatic rings. The van der Waals surface area contributed by atoms with E-state index in [4.69, 9.17) is 11.6 Å². The first-order valence-corrected chi connectivity index (χ1v) is 4.90. The lowest BCUT2D eigenvalue weighted by molar-refractivity contribution is -0.137. The van der Waals surface area contributed by atoms with Crippen molar-refractivity contribution in [1.29, 1.82) is 0 Å². The number of benzene rings is 1. The first-order valence-electron chi connectivity index (χ1n) is 4.36. The molecular formula is C11H7ClF4. The zero-order valence-electron chi connectivity index (χ0n) is 8.04. The summed E-state index contributed by atoms with van der Waals surface area (Å²) in [5.41, 5.74) is -1.08. The van der Waals surface area contributed by atoms with Gasteiger partial charge in [0.25, 0.3) is 0 Å². The largest absolute Gasteiger partial charge is 0.416 e. The monoisotopic (exact) mass is 250 g/mol. The van der Waals surface area contributed by atoms with Crippen LogP contribution in [-0.2, 0) is 6.18 Å². The zero-order valence-corrected chi connectivity index (χ0v) is 8.79. The summed E-state index contributed by atoms with van der Waals surface area (Å²) >= 11 is 5.35. The van der Waals surface area contributed by atoms with Crippen LogP contribution >= 0.6 is 11.6 Å². The fraction of sp³-hybridized carbons (Fsp3) is 0.273. The summed E-state index contributed by atoms with van der Waals surface area (Å²) in [7, 11) is 0. The predicted molar refractivity (Wildman–Crippen MR) is 53.6 cm³/mol. The third kappa shape index (κ3) is 3.42. The minimum atomic E-state index is -4.54. The van der Waals surface area contributed by atoms with Gasteiger partial charge in [0, 0.05) is 12.3 Å². The minimum Gasteiger partial charge on any atom is -0.206 e. The van der Waals surface area contributed by atoms with Gasteiger partial charge in [-0.15, -0.1) is 11.6 Å². The summed E-state index contributed by atoms with van der Waals surface area (Å²) in [6.45, 7) is 0. The third-order valence-electron chi connectivity index (χ3n) is 1.74. The van der Waals surface area contributed by atoms with Crippen molar-refractivity contribution in [2.24, 2.45) is 0 Å². The van der Waals surface area contributed by atoms with E-state index in [0.29, 0.717) is 18.4 Å². The Hall–Kier alpha value is -1.21. The highest BCUT2D eigenvalue weighted by Crippen LogP contribution is 2.29. The van der Waals surface area contributed by atoms with Gasteiger partial charge in [-0.2, -0.15) is 13.2 Å². The number of rotatable bonds is 1. The molecule has 0 amide bonds. The Labute approximate surface area is 95.2 Å². The first-order chi connectivity index (χ1) is 7.45. The quantitative estimate of drug-likeness (QED) is 0.404. The Kier molecular flexibility index (Phi) is 4.19. The van der Waals surface area contributed by atoms with Gasteiger partial charge in [-0.3, -0.25) is 0 Å². The molecule has 0 saturated heterocycles. The smallest absolute Gasteiger partial charge is 0.206 e. The lowest BCUT2D eigenvalue weighted by Crippen LogP contribution is -2.05. The van der Waals surface area contributed by atoms with E-state index in [1.807, 2.05) is 0 Å². The molecule has 0 fully saturated rings. The van der Waals surface area contributed by atoms with Crippen LogP contribution in [0.25, 0.3) is 0 Å². The first kappa shape index (κ1) is 12.9. The van der Waals surface area contributed by atoms with Gasteiger partial charge < -0.3 is 0 Å². The average molecular weight is 251 g/mol. The van der Waals surface area contributed by atoms with Crippen LogP contribution in [0.15, 0.2) is 18.2 Å². The maximum atomic E-state index is 13.2. The Balaban J connectivity index is 2.98. The van der Waals surface area contributed by atoms with Gasteiger partial charge in [0.1, 0.15) is 5.82 Å². The lowest BCUT2D eigenvalue weighted by atomic mass is 10.1. The Morgan fingerprint density at radius 2 is 1.94 bits per heavy atom. The second kappa shape index (κ2) is 5.22. The molecule has 0 heterocycles. The van der Waals surface area contributed by atoms with E-state index in [0.717, 1.165) is 12.1 Å². The van der Waals surface area contributed by atoms with Crippen LogP contribution in [0.3, 0.4) is 0 Å². The molecule has 1 rings (SSSR count). The number of halogens is 5. The summed E-state index contributed by atoms with van der Waals surface area (Å²) in [5.74, 6) is 4.29. The van der Waals surface area contributed by atoms with E-state index < -0.39 is 17.6 Å². The van der Waals surface area contributed by atoms with Gasteiger partial charge in [0.2, 0.25) is 0 Å². The molecule has 0 saturated carbocycles. The van der Waals surface area contributed by atoms with Crippen molar-refractivity contribution in [1.82, 2.24) is 0 Å². The summed E-state index contributed by atoms with van der Waals surface area (Å²) in [6.07, 6.45) is -4.18. The zero-order chi connectivity index (χ0) is 12.2. The molecular weight excluding hydrogens is 244 g/mol. The molecule has 0 aliphatic rings. The predicted octanol–water partition coefficient (Wildman–Crippen LogP) is 3.82. The van der Waals surface area contributed by atoms with Crippen LogP contribution in [0.5, 0.6) is 0 Å². The second-order valence-corrected chi connectivity index (χ2v) is 3.31. The maximum absolute atomic E-state index is 13.2. The molecule has 0 nitrogen and oxygen atoms in total. The summed E-state index contributed by atoms with van der Waals surface area (Å²) in [4.78, 5) is 0. The van der Waals surface area contributed by atoms with Crippen molar-refractivity contribution >= 4 is 11.6 Å². The van der Waals surface area contributed by atoms with Gasteiger partial charge in [-0.1, -0.05) is 11.8 Å². The molecule has 0 N–H and O–H groups in total. The van der Waals surface area contributed by atoms with Gasteiger partial charge >= 0.3 is 6.18 Å². The molecule has 16 heavy (non-hydrogen) atoms. The van der Waals surface area contributed by atoms with Crippen LogP contribution in [0.1, 0.15) is 17.5 Å². The maximum Gasteiger partial charge on any atom is 0.416 e. The molecule has 1 aromatic carbocycles. The molecule has 0 aliphatic carbocycles. The molecule has 5 heteroatoms. The van der Waals surface area contributed by atoms with Gasteiger partial charge in [-0.25, -0.2) is 4.39 Å². The van der Waals surface area contributed by atoms with Crippen LogP contribution < -0.4 is 0 Å². The van der Waals surface area contributed by atoms with Crippen LogP contribution in [0, 0.1) is 17.7 Å². The van der Waals surface area contributed by atoms with Gasteiger partial charge in [0.05, 0.1) is 11.1 Å². The highest BCUT2D eigenvalue weighted by atomic mass is 35.5. The molecule has 0 aromatic heterocycles. The van der Waals surface area contributed by atoms with Crippen molar-refractivity contribution in [2.45, 2.75) is 12.6 Å². The number of hydrogen-bond acceptors (Lipinski definition) is 0. The molecule has 0 spiro atoms. The highest BCUT2D eigenvalue weighted by molar-refractivity contribution is 6.18. The van der Waals surface area contributed by atoms with E-state index in [2.05, 4.69) is 11.8 Å². The fourth-order valence-electron chi connectivity index (χ4n) is 0.998. The normalized spacial score (nSPS) is 10.8. The van der Waals surface area contributed by atoms with Crippen molar-refractivity contribution in [3.63, 3.8) is 0 Å². The van der Waals surface area contributed by atoms with Gasteiger partial charge in [0.15, 0.2) is 0 Å².